The Morgan fingerprint density at radius 1 is 1.17 bits per heavy atom. The zero-order chi connectivity index (χ0) is 16.1. The molecule has 0 saturated heterocycles. The Balaban J connectivity index is 1.53. The number of nitrogens with one attached hydrogen (secondary N) is 1. The zero-order valence-corrected chi connectivity index (χ0v) is 15.5. The maximum Gasteiger partial charge on any atom is 0.229 e. The van der Waals surface area contributed by atoms with Gasteiger partial charge in [-0.1, -0.05) is 51.1 Å². The van der Waals surface area contributed by atoms with Crippen molar-refractivity contribution in [2.75, 3.05) is 12.3 Å². The molecular formula is C18H31N3OS. The third-order valence-electron chi connectivity index (χ3n) is 5.29. The van der Waals surface area contributed by atoms with Crippen LogP contribution in [0.2, 0.25) is 0 Å². The lowest BCUT2D eigenvalue weighted by molar-refractivity contribution is 0.302. The van der Waals surface area contributed by atoms with Crippen molar-refractivity contribution in [1.29, 1.82) is 0 Å². The number of nitrogens with zero attached hydrogens (tertiary/aromatic N) is 2. The van der Waals surface area contributed by atoms with Crippen molar-refractivity contribution in [1.82, 2.24) is 15.5 Å². The van der Waals surface area contributed by atoms with Gasteiger partial charge in [0.1, 0.15) is 0 Å². The van der Waals surface area contributed by atoms with Crippen LogP contribution in [-0.4, -0.2) is 27.7 Å². The van der Waals surface area contributed by atoms with E-state index in [0.717, 1.165) is 36.4 Å². The maximum absolute atomic E-state index is 5.46. The largest absolute Gasteiger partial charge is 0.339 e. The third kappa shape index (κ3) is 4.30. The van der Waals surface area contributed by atoms with Crippen LogP contribution in [0.3, 0.4) is 0 Å². The molecule has 0 aromatic carbocycles. The summed E-state index contributed by atoms with van der Waals surface area (Å²) in [5.74, 6) is 3.16. The van der Waals surface area contributed by atoms with Crippen LogP contribution >= 0.6 is 11.8 Å². The molecule has 1 heterocycles. The van der Waals surface area contributed by atoms with Crippen molar-refractivity contribution < 1.29 is 4.52 Å². The second-order valence-electron chi connectivity index (χ2n) is 7.46. The van der Waals surface area contributed by atoms with E-state index in [1.807, 2.05) is 0 Å². The quantitative estimate of drug-likeness (QED) is 0.736. The van der Waals surface area contributed by atoms with Gasteiger partial charge in [-0.25, -0.2) is 0 Å². The molecule has 0 atom stereocenters. The lowest BCUT2D eigenvalue weighted by Gasteiger charge is -2.27. The summed E-state index contributed by atoms with van der Waals surface area (Å²) in [4.78, 5) is 4.69. The Hall–Kier alpha value is -0.550. The molecule has 0 radical (unpaired) electrons. The summed E-state index contributed by atoms with van der Waals surface area (Å²) in [7, 11) is 0. The normalized spacial score (nSPS) is 22.0. The maximum atomic E-state index is 5.46. The first-order chi connectivity index (χ1) is 11.2. The van der Waals surface area contributed by atoms with Crippen LogP contribution in [0.15, 0.2) is 4.52 Å². The molecule has 23 heavy (non-hydrogen) atoms. The van der Waals surface area contributed by atoms with Gasteiger partial charge in [0, 0.05) is 23.5 Å². The van der Waals surface area contributed by atoms with Crippen LogP contribution in [0, 0.1) is 0 Å². The van der Waals surface area contributed by atoms with Crippen molar-refractivity contribution in [3.63, 3.8) is 0 Å². The van der Waals surface area contributed by atoms with Gasteiger partial charge in [0.25, 0.3) is 0 Å². The lowest BCUT2D eigenvalue weighted by atomic mass is 9.96. The van der Waals surface area contributed by atoms with Crippen LogP contribution in [0.1, 0.15) is 89.3 Å². The first kappa shape index (κ1) is 17.3. The summed E-state index contributed by atoms with van der Waals surface area (Å²) in [6.07, 6.45) is 11.9. The van der Waals surface area contributed by atoms with Crippen molar-refractivity contribution in [2.45, 2.75) is 88.3 Å². The molecule has 5 heteroatoms. The SMILES string of the molecule is CC(C)c1nc(C2(NCCSC3CCCCC3)CCCC2)no1. The van der Waals surface area contributed by atoms with Gasteiger partial charge in [-0.15, -0.1) is 0 Å². The molecule has 0 aliphatic heterocycles. The minimum absolute atomic E-state index is 0.0379. The average molecular weight is 338 g/mol. The van der Waals surface area contributed by atoms with Gasteiger partial charge in [-0.2, -0.15) is 16.7 Å². The summed E-state index contributed by atoms with van der Waals surface area (Å²) in [6, 6.07) is 0. The van der Waals surface area contributed by atoms with Gasteiger partial charge in [0.15, 0.2) is 5.82 Å². The van der Waals surface area contributed by atoms with Gasteiger partial charge < -0.3 is 9.84 Å². The van der Waals surface area contributed by atoms with E-state index in [-0.39, 0.29) is 5.54 Å². The summed E-state index contributed by atoms with van der Waals surface area (Å²) < 4.78 is 5.46. The predicted molar refractivity (Wildman–Crippen MR) is 95.9 cm³/mol. The highest BCUT2D eigenvalue weighted by Gasteiger charge is 2.39. The summed E-state index contributed by atoms with van der Waals surface area (Å²) in [5, 5.41) is 8.99. The fraction of sp³-hybridized carbons (Fsp3) is 0.889. The minimum Gasteiger partial charge on any atom is -0.339 e. The van der Waals surface area contributed by atoms with E-state index in [4.69, 9.17) is 4.52 Å². The zero-order valence-electron chi connectivity index (χ0n) is 14.6. The van der Waals surface area contributed by atoms with Crippen LogP contribution < -0.4 is 5.32 Å². The Morgan fingerprint density at radius 3 is 2.57 bits per heavy atom. The molecule has 1 aromatic rings. The number of aromatic nitrogens is 2. The molecule has 0 spiro atoms. The molecule has 2 aliphatic rings. The van der Waals surface area contributed by atoms with E-state index >= 15 is 0 Å². The predicted octanol–water partition coefficient (Wildman–Crippen LogP) is 4.62. The molecule has 2 fully saturated rings. The van der Waals surface area contributed by atoms with Gasteiger partial charge in [-0.05, 0) is 25.7 Å². The number of hydrogen-bond acceptors (Lipinski definition) is 5. The molecule has 1 aromatic heterocycles. The topological polar surface area (TPSA) is 51.0 Å². The van der Waals surface area contributed by atoms with Gasteiger partial charge >= 0.3 is 0 Å². The van der Waals surface area contributed by atoms with E-state index in [0.29, 0.717) is 5.92 Å². The molecule has 0 unspecified atom stereocenters. The Morgan fingerprint density at radius 2 is 1.91 bits per heavy atom. The molecule has 2 aliphatic carbocycles. The molecule has 3 rings (SSSR count). The van der Waals surface area contributed by atoms with Crippen LogP contribution in [0.25, 0.3) is 0 Å². The second kappa shape index (κ2) is 8.02. The van der Waals surface area contributed by atoms with Gasteiger partial charge in [0.2, 0.25) is 5.89 Å². The highest BCUT2D eigenvalue weighted by Crippen LogP contribution is 2.37. The first-order valence-electron chi connectivity index (χ1n) is 9.40. The molecule has 0 amide bonds. The minimum atomic E-state index is -0.0379. The highest BCUT2D eigenvalue weighted by molar-refractivity contribution is 7.99. The summed E-state index contributed by atoms with van der Waals surface area (Å²) >= 11 is 2.16. The molecule has 4 nitrogen and oxygen atoms in total. The Labute approximate surface area is 144 Å². The summed E-state index contributed by atoms with van der Waals surface area (Å²) in [5.41, 5.74) is -0.0379. The molecule has 0 bridgehead atoms. The molecule has 2 saturated carbocycles. The molecule has 1 N–H and O–H groups in total. The standard InChI is InChI=1S/C18H31N3OS/c1-14(2)16-20-17(21-22-16)18(10-6-7-11-18)19-12-13-23-15-8-4-3-5-9-15/h14-15,19H,3-13H2,1-2H3. The second-order valence-corrected chi connectivity index (χ2v) is 8.87. The third-order valence-corrected chi connectivity index (χ3v) is 6.67. The van der Waals surface area contributed by atoms with E-state index < -0.39 is 0 Å². The van der Waals surface area contributed by atoms with E-state index in [1.54, 1.807) is 0 Å². The van der Waals surface area contributed by atoms with Crippen LogP contribution in [-0.2, 0) is 5.54 Å². The molecular weight excluding hydrogens is 306 g/mol. The number of rotatable bonds is 7. The van der Waals surface area contributed by atoms with Crippen molar-refractivity contribution in [2.24, 2.45) is 0 Å². The smallest absolute Gasteiger partial charge is 0.229 e. The van der Waals surface area contributed by atoms with Gasteiger partial charge in [0.05, 0.1) is 5.54 Å². The van der Waals surface area contributed by atoms with Crippen molar-refractivity contribution in [3.8, 4) is 0 Å². The first-order valence-corrected chi connectivity index (χ1v) is 10.5. The highest BCUT2D eigenvalue weighted by atomic mass is 32.2. The lowest BCUT2D eigenvalue weighted by Crippen LogP contribution is -2.42. The van der Waals surface area contributed by atoms with E-state index in [1.165, 1.54) is 50.7 Å². The number of thioether (sulfide) groups is 1. The van der Waals surface area contributed by atoms with E-state index in [2.05, 4.69) is 41.1 Å². The van der Waals surface area contributed by atoms with Crippen LogP contribution in [0.5, 0.6) is 0 Å². The van der Waals surface area contributed by atoms with E-state index in [9.17, 15) is 0 Å². The average Bonchev–Trinajstić information content (AvgIpc) is 3.23. The summed E-state index contributed by atoms with van der Waals surface area (Å²) in [6.45, 7) is 5.26. The molecule has 130 valence electrons. The van der Waals surface area contributed by atoms with Crippen molar-refractivity contribution >= 4 is 11.8 Å². The number of hydrogen-bond donors (Lipinski definition) is 1. The van der Waals surface area contributed by atoms with Crippen molar-refractivity contribution in [3.05, 3.63) is 11.7 Å². The van der Waals surface area contributed by atoms with Gasteiger partial charge in [-0.3, -0.25) is 0 Å². The fourth-order valence-corrected chi connectivity index (χ4v) is 5.09. The van der Waals surface area contributed by atoms with Crippen LogP contribution in [0.4, 0.5) is 0 Å². The fourth-order valence-electron chi connectivity index (χ4n) is 3.87. The Bertz CT molecular complexity index is 476. The Kier molecular flexibility index (Phi) is 6.02. The monoisotopic (exact) mass is 337 g/mol.